The standard InChI is InChI=1S/C13H11FN4OS/c1-2-11-17-18-13(20-11)16-12(19)10-6-7-8(14)4-3-5-9(7)15-10/h3-6,15H,2H2,1H3,(H,16,18,19). The predicted molar refractivity (Wildman–Crippen MR) is 75.5 cm³/mol. The van der Waals surface area contributed by atoms with Crippen molar-refractivity contribution in [2.45, 2.75) is 13.3 Å². The Bertz CT molecular complexity index is 780. The number of carbonyl (C=O) groups is 1. The number of nitrogens with zero attached hydrogens (tertiary/aromatic N) is 2. The molecule has 0 aliphatic heterocycles. The van der Waals surface area contributed by atoms with E-state index in [2.05, 4.69) is 20.5 Å². The van der Waals surface area contributed by atoms with Gasteiger partial charge in [0, 0.05) is 10.9 Å². The fraction of sp³-hybridized carbons (Fsp3) is 0.154. The van der Waals surface area contributed by atoms with Crippen molar-refractivity contribution in [1.82, 2.24) is 15.2 Å². The van der Waals surface area contributed by atoms with Gasteiger partial charge in [0.1, 0.15) is 16.5 Å². The largest absolute Gasteiger partial charge is 0.350 e. The first-order valence-corrected chi connectivity index (χ1v) is 6.90. The van der Waals surface area contributed by atoms with Crippen LogP contribution >= 0.6 is 11.3 Å². The van der Waals surface area contributed by atoms with Crippen molar-refractivity contribution in [2.24, 2.45) is 0 Å². The zero-order valence-corrected chi connectivity index (χ0v) is 11.4. The molecule has 1 aromatic carbocycles. The highest BCUT2D eigenvalue weighted by Gasteiger charge is 2.13. The Hall–Kier alpha value is -2.28. The van der Waals surface area contributed by atoms with E-state index in [-0.39, 0.29) is 11.7 Å². The minimum Gasteiger partial charge on any atom is -0.350 e. The number of aromatic nitrogens is 3. The molecular formula is C13H11FN4OS. The molecule has 7 heteroatoms. The van der Waals surface area contributed by atoms with Crippen LogP contribution in [0.4, 0.5) is 9.52 Å². The van der Waals surface area contributed by atoms with Crippen LogP contribution in [0.2, 0.25) is 0 Å². The van der Waals surface area contributed by atoms with E-state index < -0.39 is 0 Å². The Morgan fingerprint density at radius 2 is 2.30 bits per heavy atom. The number of hydrogen-bond donors (Lipinski definition) is 2. The lowest BCUT2D eigenvalue weighted by Crippen LogP contribution is -2.11. The van der Waals surface area contributed by atoms with Gasteiger partial charge in [-0.25, -0.2) is 4.39 Å². The Balaban J connectivity index is 1.86. The molecule has 0 radical (unpaired) electrons. The van der Waals surface area contributed by atoms with Gasteiger partial charge in [-0.05, 0) is 24.6 Å². The number of benzene rings is 1. The molecular weight excluding hydrogens is 279 g/mol. The van der Waals surface area contributed by atoms with E-state index in [1.54, 1.807) is 12.1 Å². The Morgan fingerprint density at radius 1 is 1.45 bits per heavy atom. The number of H-pyrrole nitrogens is 1. The quantitative estimate of drug-likeness (QED) is 0.779. The first kappa shape index (κ1) is 12.7. The Kier molecular flexibility index (Phi) is 3.19. The highest BCUT2D eigenvalue weighted by molar-refractivity contribution is 7.15. The number of hydrogen-bond acceptors (Lipinski definition) is 4. The van der Waals surface area contributed by atoms with Crippen molar-refractivity contribution >= 4 is 33.3 Å². The number of aromatic amines is 1. The Morgan fingerprint density at radius 3 is 3.00 bits per heavy atom. The summed E-state index contributed by atoms with van der Waals surface area (Å²) in [5, 5.41) is 12.1. The molecule has 0 saturated heterocycles. The lowest BCUT2D eigenvalue weighted by Gasteiger charge is -1.96. The second kappa shape index (κ2) is 5.01. The minimum absolute atomic E-state index is 0.290. The minimum atomic E-state index is -0.362. The topological polar surface area (TPSA) is 70.7 Å². The number of carbonyl (C=O) groups excluding carboxylic acids is 1. The van der Waals surface area contributed by atoms with Crippen LogP contribution in [-0.2, 0) is 6.42 Å². The third kappa shape index (κ3) is 2.27. The first-order valence-electron chi connectivity index (χ1n) is 6.08. The van der Waals surface area contributed by atoms with Crippen LogP contribution in [0.25, 0.3) is 10.9 Å². The normalized spacial score (nSPS) is 10.9. The highest BCUT2D eigenvalue weighted by Crippen LogP contribution is 2.20. The number of fused-ring (bicyclic) bond motifs is 1. The molecule has 2 heterocycles. The van der Waals surface area contributed by atoms with Crippen LogP contribution < -0.4 is 5.32 Å². The summed E-state index contributed by atoms with van der Waals surface area (Å²) >= 11 is 1.32. The third-order valence-corrected chi connectivity index (χ3v) is 3.83. The number of aryl methyl sites for hydroxylation is 1. The van der Waals surface area contributed by atoms with Gasteiger partial charge in [-0.15, -0.1) is 10.2 Å². The number of amides is 1. The molecule has 0 aliphatic rings. The SMILES string of the molecule is CCc1nnc(NC(=O)c2cc3c(F)cccc3[nH]2)s1. The van der Waals surface area contributed by atoms with Gasteiger partial charge < -0.3 is 4.98 Å². The number of rotatable bonds is 3. The molecule has 2 aromatic heterocycles. The van der Waals surface area contributed by atoms with Gasteiger partial charge in [-0.3, -0.25) is 10.1 Å². The van der Waals surface area contributed by atoms with Crippen molar-refractivity contribution in [3.05, 3.63) is 40.8 Å². The average molecular weight is 290 g/mol. The molecule has 5 nitrogen and oxygen atoms in total. The lowest BCUT2D eigenvalue weighted by atomic mass is 10.2. The van der Waals surface area contributed by atoms with Gasteiger partial charge in [0.2, 0.25) is 5.13 Å². The molecule has 2 N–H and O–H groups in total. The van der Waals surface area contributed by atoms with Crippen LogP contribution in [0.15, 0.2) is 24.3 Å². The fourth-order valence-electron chi connectivity index (χ4n) is 1.85. The van der Waals surface area contributed by atoms with Gasteiger partial charge in [0.25, 0.3) is 5.91 Å². The van der Waals surface area contributed by atoms with Crippen LogP contribution in [0, 0.1) is 5.82 Å². The van der Waals surface area contributed by atoms with Crippen molar-refractivity contribution in [3.63, 3.8) is 0 Å². The van der Waals surface area contributed by atoms with Crippen molar-refractivity contribution in [3.8, 4) is 0 Å². The van der Waals surface area contributed by atoms with Crippen molar-refractivity contribution in [2.75, 3.05) is 5.32 Å². The smallest absolute Gasteiger partial charge is 0.273 e. The summed E-state index contributed by atoms with van der Waals surface area (Å²) in [4.78, 5) is 14.9. The number of halogens is 1. The molecule has 102 valence electrons. The molecule has 0 bridgehead atoms. The van der Waals surface area contributed by atoms with E-state index in [4.69, 9.17) is 0 Å². The van der Waals surface area contributed by atoms with Crippen molar-refractivity contribution < 1.29 is 9.18 Å². The van der Waals surface area contributed by atoms with Gasteiger partial charge in [-0.1, -0.05) is 24.3 Å². The van der Waals surface area contributed by atoms with Gasteiger partial charge in [0.05, 0.1) is 0 Å². The summed E-state index contributed by atoms with van der Waals surface area (Å²) < 4.78 is 13.6. The second-order valence-electron chi connectivity index (χ2n) is 4.19. The van der Waals surface area contributed by atoms with E-state index in [1.807, 2.05) is 6.92 Å². The van der Waals surface area contributed by atoms with E-state index >= 15 is 0 Å². The van der Waals surface area contributed by atoms with Gasteiger partial charge >= 0.3 is 0 Å². The maximum Gasteiger partial charge on any atom is 0.273 e. The van der Waals surface area contributed by atoms with Crippen LogP contribution in [0.1, 0.15) is 22.4 Å². The molecule has 0 spiro atoms. The summed E-state index contributed by atoms with van der Waals surface area (Å²) in [7, 11) is 0. The highest BCUT2D eigenvalue weighted by atomic mass is 32.1. The molecule has 3 rings (SSSR count). The number of anilines is 1. The maximum absolute atomic E-state index is 13.6. The molecule has 0 aliphatic carbocycles. The summed E-state index contributed by atoms with van der Waals surface area (Å²) in [6.07, 6.45) is 0.769. The summed E-state index contributed by atoms with van der Waals surface area (Å²) in [5.74, 6) is -0.721. The summed E-state index contributed by atoms with van der Waals surface area (Å²) in [5.41, 5.74) is 0.875. The molecule has 0 saturated carbocycles. The zero-order valence-electron chi connectivity index (χ0n) is 10.6. The van der Waals surface area contributed by atoms with E-state index in [0.29, 0.717) is 21.7 Å². The van der Waals surface area contributed by atoms with Crippen LogP contribution in [-0.4, -0.2) is 21.1 Å². The molecule has 3 aromatic rings. The monoisotopic (exact) mass is 290 g/mol. The van der Waals surface area contributed by atoms with E-state index in [1.165, 1.54) is 23.5 Å². The van der Waals surface area contributed by atoms with E-state index in [0.717, 1.165) is 11.4 Å². The second-order valence-corrected chi connectivity index (χ2v) is 5.25. The number of nitrogens with one attached hydrogen (secondary N) is 2. The average Bonchev–Trinajstić information content (AvgIpc) is 3.05. The Labute approximate surface area is 117 Å². The maximum atomic E-state index is 13.6. The summed E-state index contributed by atoms with van der Waals surface area (Å²) in [6, 6.07) is 6.15. The van der Waals surface area contributed by atoms with Crippen molar-refractivity contribution in [1.29, 1.82) is 0 Å². The van der Waals surface area contributed by atoms with Crippen LogP contribution in [0.3, 0.4) is 0 Å². The van der Waals surface area contributed by atoms with Gasteiger partial charge in [0.15, 0.2) is 0 Å². The first-order chi connectivity index (χ1) is 9.67. The molecule has 0 fully saturated rings. The summed E-state index contributed by atoms with van der Waals surface area (Å²) in [6.45, 7) is 1.96. The molecule has 1 amide bonds. The zero-order chi connectivity index (χ0) is 14.1. The molecule has 0 unspecified atom stereocenters. The van der Waals surface area contributed by atoms with Crippen LogP contribution in [0.5, 0.6) is 0 Å². The third-order valence-electron chi connectivity index (χ3n) is 2.85. The van der Waals surface area contributed by atoms with E-state index in [9.17, 15) is 9.18 Å². The molecule has 20 heavy (non-hydrogen) atoms. The molecule has 0 atom stereocenters. The lowest BCUT2D eigenvalue weighted by molar-refractivity contribution is 0.102. The fourth-order valence-corrected chi connectivity index (χ4v) is 2.53. The predicted octanol–water partition coefficient (Wildman–Crippen LogP) is 2.97. The van der Waals surface area contributed by atoms with Gasteiger partial charge in [-0.2, -0.15) is 0 Å².